The van der Waals surface area contributed by atoms with Gasteiger partial charge in [0.15, 0.2) is 0 Å². The summed E-state index contributed by atoms with van der Waals surface area (Å²) in [5.41, 5.74) is 37.0. The van der Waals surface area contributed by atoms with Crippen molar-refractivity contribution in [3.8, 4) is 61.3 Å². The van der Waals surface area contributed by atoms with E-state index in [9.17, 15) is 0 Å². The van der Waals surface area contributed by atoms with E-state index in [0.29, 0.717) is 0 Å². The van der Waals surface area contributed by atoms with Crippen molar-refractivity contribution in [2.45, 2.75) is 50.4 Å². The summed E-state index contributed by atoms with van der Waals surface area (Å²) in [6, 6.07) is 145. The average molecular weight is 1490 g/mol. The zero-order valence-electron chi connectivity index (χ0n) is 65.0. The number of fused-ring (bicyclic) bond motifs is 12. The minimum Gasteiger partial charge on any atom is -0.313 e. The Balaban J connectivity index is 0.000000147. The number of para-hydroxylation sites is 4. The van der Waals surface area contributed by atoms with Crippen LogP contribution in [0.1, 0.15) is 72.9 Å². The first-order valence-electron chi connectivity index (χ1n) is 40.8. The van der Waals surface area contributed by atoms with E-state index < -0.39 is 5.41 Å². The Bertz CT molecular complexity index is 6880. The van der Waals surface area contributed by atoms with E-state index in [4.69, 9.17) is 0 Å². The average Bonchev–Trinajstić information content (AvgIpc) is 1.53. The predicted octanol–water partition coefficient (Wildman–Crippen LogP) is 30.0. The van der Waals surface area contributed by atoms with Crippen molar-refractivity contribution in [3.63, 3.8) is 0 Å². The van der Waals surface area contributed by atoms with Gasteiger partial charge in [0.05, 0.1) is 27.5 Å². The lowest BCUT2D eigenvalue weighted by Crippen LogP contribution is -2.28. The predicted molar refractivity (Wildman–Crippen MR) is 489 cm³/mol. The highest BCUT2D eigenvalue weighted by Crippen LogP contribution is 2.58. The Morgan fingerprint density at radius 3 is 1.20 bits per heavy atom. The third kappa shape index (κ3) is 11.9. The molecule has 4 heteroatoms. The number of nitrogens with zero attached hydrogens (tertiary/aromatic N) is 4. The Hall–Kier alpha value is -14.3. The molecule has 2 heterocycles. The molecule has 0 fully saturated rings. The third-order valence-electron chi connectivity index (χ3n) is 24.9. The summed E-state index contributed by atoms with van der Waals surface area (Å²) >= 11 is 0. The van der Waals surface area contributed by atoms with Crippen molar-refractivity contribution in [2.75, 3.05) is 9.80 Å². The van der Waals surface area contributed by atoms with Gasteiger partial charge >= 0.3 is 0 Å². The molecule has 0 bridgehead atoms. The maximum atomic E-state index is 2.49. The number of benzene rings is 16. The minimum atomic E-state index is -0.501. The molecule has 0 N–H and O–H groups in total. The van der Waals surface area contributed by atoms with Gasteiger partial charge in [0.25, 0.3) is 0 Å². The monoisotopic (exact) mass is 1480 g/mol. The van der Waals surface area contributed by atoms with E-state index in [1.165, 1.54) is 155 Å². The Kier molecular flexibility index (Phi) is 17.4. The summed E-state index contributed by atoms with van der Waals surface area (Å²) in [6.07, 6.45) is 15.9. The van der Waals surface area contributed by atoms with Crippen molar-refractivity contribution in [2.24, 2.45) is 0 Å². The molecule has 4 aliphatic rings. The number of hydrogen-bond donors (Lipinski definition) is 0. The summed E-state index contributed by atoms with van der Waals surface area (Å²) < 4.78 is 4.87. The minimum absolute atomic E-state index is 0.0619. The summed E-state index contributed by atoms with van der Waals surface area (Å²) in [4.78, 5) is 4.80. The highest BCUT2D eigenvalue weighted by molar-refractivity contribution is 6.12. The van der Waals surface area contributed by atoms with Gasteiger partial charge in [-0.15, -0.1) is 0 Å². The molecule has 22 rings (SSSR count). The molecule has 116 heavy (non-hydrogen) atoms. The summed E-state index contributed by atoms with van der Waals surface area (Å²) in [5.74, 6) is 0. The van der Waals surface area contributed by atoms with Crippen LogP contribution in [0.4, 0.5) is 34.1 Å². The fraction of sp³-hybridized carbons (Fsp3) is 0.0714. The molecule has 0 saturated heterocycles. The van der Waals surface area contributed by atoms with Gasteiger partial charge in [-0.3, -0.25) is 0 Å². The van der Waals surface area contributed by atoms with E-state index in [1.54, 1.807) is 0 Å². The first kappa shape index (κ1) is 69.6. The first-order valence-corrected chi connectivity index (χ1v) is 40.8. The standard InChI is InChI=1S/C61H42N2.C51H42N2/c1-5-17-43(18-6-1)44-29-34-50(35-30-44)62(51-36-31-45(32-37-51)46-33-40-60-56(41-46)55-26-14-16-28-59(55)63(60)49-23-11-4-12-24-49)52-38-39-54-53-25-13-15-27-57(53)61(58(54)42-52,47-19-7-2-8-20-47)48-21-9-3-10-22-48;1-51(2)47-19-11-9-17-43(47)44-31-30-42(34-48(44)51)52(39-15-7-4-8-16-39)40-26-23-37(24-27-40)38-25-32-50-46(33-38)45-18-10-12-20-49(45)53(50)41-28-21-36(22-29-41)35-13-5-3-6-14-35/h1-42H;3-5,7-13,15-21,23-28,30-34H,6,14,22,29H2,1-2H3. The molecule has 0 spiro atoms. The zero-order chi connectivity index (χ0) is 77.3. The quantitative estimate of drug-likeness (QED) is 0.108. The molecule has 0 unspecified atom stereocenters. The second kappa shape index (κ2) is 29.0. The van der Waals surface area contributed by atoms with E-state index in [-0.39, 0.29) is 5.41 Å². The highest BCUT2D eigenvalue weighted by Gasteiger charge is 2.46. The van der Waals surface area contributed by atoms with Crippen LogP contribution in [0.2, 0.25) is 0 Å². The number of aromatic nitrogens is 2. The van der Waals surface area contributed by atoms with Gasteiger partial charge in [-0.2, -0.15) is 0 Å². The molecule has 4 aliphatic carbocycles. The summed E-state index contributed by atoms with van der Waals surface area (Å²) in [7, 11) is 0. The normalized spacial score (nSPS) is 14.1. The maximum Gasteiger partial charge on any atom is 0.0714 e. The molecule has 16 aromatic carbocycles. The third-order valence-corrected chi connectivity index (χ3v) is 24.9. The second-order valence-electron chi connectivity index (χ2n) is 31.7. The molecule has 0 radical (unpaired) electrons. The molecule has 0 saturated carbocycles. The molecule has 0 amide bonds. The Morgan fingerprint density at radius 2 is 0.655 bits per heavy atom. The second-order valence-corrected chi connectivity index (χ2v) is 31.7. The van der Waals surface area contributed by atoms with E-state index in [2.05, 4.69) is 457 Å². The van der Waals surface area contributed by atoms with Crippen LogP contribution in [0, 0.1) is 0 Å². The largest absolute Gasteiger partial charge is 0.313 e. The maximum absolute atomic E-state index is 2.49. The van der Waals surface area contributed by atoms with Gasteiger partial charge in [-0.1, -0.05) is 311 Å². The number of anilines is 6. The lowest BCUT2D eigenvalue weighted by Gasteiger charge is -2.35. The van der Waals surface area contributed by atoms with Gasteiger partial charge in [-0.25, -0.2) is 0 Å². The molecular weight excluding hydrogens is 1400 g/mol. The number of allylic oxidation sites excluding steroid dienone is 8. The van der Waals surface area contributed by atoms with Crippen LogP contribution >= 0.6 is 0 Å². The topological polar surface area (TPSA) is 16.3 Å². The molecule has 18 aromatic rings. The lowest BCUT2D eigenvalue weighted by molar-refractivity contribution is 0.660. The summed E-state index contributed by atoms with van der Waals surface area (Å²) in [6.45, 7) is 4.70. The number of rotatable bonds is 14. The number of hydrogen-bond acceptors (Lipinski definition) is 2. The van der Waals surface area contributed by atoms with Crippen molar-refractivity contribution in [1.82, 2.24) is 9.13 Å². The van der Waals surface area contributed by atoms with Crippen molar-refractivity contribution >= 4 is 83.4 Å². The van der Waals surface area contributed by atoms with Crippen LogP contribution < -0.4 is 9.80 Å². The fourth-order valence-electron chi connectivity index (χ4n) is 19.3. The molecular formula is C112H84N4. The van der Waals surface area contributed by atoms with Crippen LogP contribution in [0.15, 0.2) is 436 Å². The first-order chi connectivity index (χ1) is 57.3. The molecule has 552 valence electrons. The molecule has 2 aromatic heterocycles. The van der Waals surface area contributed by atoms with Crippen LogP contribution in [0.25, 0.3) is 111 Å². The van der Waals surface area contributed by atoms with Gasteiger partial charge in [0.2, 0.25) is 0 Å². The molecule has 4 nitrogen and oxygen atoms in total. The van der Waals surface area contributed by atoms with E-state index >= 15 is 0 Å². The van der Waals surface area contributed by atoms with Gasteiger partial charge in [0, 0.05) is 72.5 Å². The van der Waals surface area contributed by atoms with Crippen LogP contribution in [-0.4, -0.2) is 9.13 Å². The lowest BCUT2D eigenvalue weighted by atomic mass is 9.67. The van der Waals surface area contributed by atoms with E-state index in [1.807, 2.05) is 0 Å². The molecule has 0 atom stereocenters. The van der Waals surface area contributed by atoms with Gasteiger partial charge in [0.1, 0.15) is 0 Å². The van der Waals surface area contributed by atoms with Crippen molar-refractivity contribution in [1.29, 1.82) is 0 Å². The Labute approximate surface area is 678 Å². The fourth-order valence-corrected chi connectivity index (χ4v) is 19.3. The van der Waals surface area contributed by atoms with Gasteiger partial charge < -0.3 is 18.9 Å². The van der Waals surface area contributed by atoms with Crippen LogP contribution in [-0.2, 0) is 10.8 Å². The SMILES string of the molecule is CC1(C)c2ccccc2-c2ccc(N(c3ccccc3)c3ccc(-c4ccc5c(c4)c4ccccc4n5C4=CC=C(C5=CC=CCC5)CC4)cc3)cc21.c1ccc(-c2ccc(N(c3ccc(-c4ccc5c(c4)c4ccccc4n5-c4ccccc4)cc3)c3ccc4c(c3)C(c3ccccc3)(c3ccccc3)c3ccccc3-4)cc2)cc1. The van der Waals surface area contributed by atoms with Gasteiger partial charge in [-0.05, 0) is 253 Å². The Morgan fingerprint density at radius 1 is 0.259 bits per heavy atom. The summed E-state index contributed by atoms with van der Waals surface area (Å²) in [5, 5.41) is 5.09. The van der Waals surface area contributed by atoms with Crippen LogP contribution in [0.3, 0.4) is 0 Å². The van der Waals surface area contributed by atoms with Crippen molar-refractivity contribution in [3.05, 3.63) is 469 Å². The highest BCUT2D eigenvalue weighted by atomic mass is 15.1. The van der Waals surface area contributed by atoms with Crippen molar-refractivity contribution < 1.29 is 0 Å². The van der Waals surface area contributed by atoms with E-state index in [0.717, 1.165) is 59.8 Å². The molecule has 0 aliphatic heterocycles. The van der Waals surface area contributed by atoms with Crippen LogP contribution in [0.5, 0.6) is 0 Å². The zero-order valence-corrected chi connectivity index (χ0v) is 65.0. The smallest absolute Gasteiger partial charge is 0.0714 e.